The average Bonchev–Trinajstić information content (AvgIpc) is 3.89. The summed E-state index contributed by atoms with van der Waals surface area (Å²) < 4.78 is 14.5. The van der Waals surface area contributed by atoms with E-state index in [-0.39, 0.29) is 50.5 Å². The highest BCUT2D eigenvalue weighted by Gasteiger charge is 2.73. The topological polar surface area (TPSA) is 156 Å². The summed E-state index contributed by atoms with van der Waals surface area (Å²) in [6.45, 7) is 2.40. The number of cyclic esters (lactones) is 1. The Balaban J connectivity index is 1.27. The van der Waals surface area contributed by atoms with Crippen LogP contribution in [0, 0.1) is 11.8 Å². The van der Waals surface area contributed by atoms with Crippen molar-refractivity contribution in [1.82, 2.24) is 30.1 Å². The predicted molar refractivity (Wildman–Crippen MR) is 185 cm³/mol. The van der Waals surface area contributed by atoms with Gasteiger partial charge in [-0.25, -0.2) is 4.68 Å². The maximum absolute atomic E-state index is 15.0. The van der Waals surface area contributed by atoms with Crippen molar-refractivity contribution in [1.29, 1.82) is 0 Å². The molecule has 2 aromatic carbocycles. The zero-order chi connectivity index (χ0) is 35.5. The van der Waals surface area contributed by atoms with Crippen LogP contribution in [-0.4, -0.2) is 97.1 Å². The second-order valence-corrected chi connectivity index (χ2v) is 13.8. The standard InChI is InChI=1S/C38H44N6O7/c1-25-33(26-14-6-4-7-15-26)50-37(49)31-29-19-20-38(51-29)32(31)35(47)43(22-12-2-3-13-23-45)34(38)36(48)42(21-11-5-8-18-30(46)39-25)24-44-28-17-10-9-16-27(28)40-41-44/h4-7,9-11,14-17,19-20,25,29,31-34,45H,2-3,8,12-13,18,21-24H2,1H3,(H,39,46)/b11-5-/t25-,29+,31-,32-,33+,34+,38-/m0/s1. The molecule has 4 aliphatic heterocycles. The van der Waals surface area contributed by atoms with E-state index in [0.29, 0.717) is 30.3 Å². The summed E-state index contributed by atoms with van der Waals surface area (Å²) in [6.07, 6.45) is 9.12. The molecule has 13 heteroatoms. The minimum Gasteiger partial charge on any atom is -0.455 e. The number of unbranched alkanes of at least 4 members (excludes halogenated alkanes) is 3. The highest BCUT2D eigenvalue weighted by Crippen LogP contribution is 2.56. The fourth-order valence-corrected chi connectivity index (χ4v) is 8.02. The van der Waals surface area contributed by atoms with Gasteiger partial charge in [0.25, 0.3) is 5.91 Å². The van der Waals surface area contributed by atoms with Crippen LogP contribution in [0.25, 0.3) is 11.0 Å². The summed E-state index contributed by atoms with van der Waals surface area (Å²) in [7, 11) is 0. The minimum atomic E-state index is -1.38. The first-order valence-electron chi connectivity index (χ1n) is 17.9. The van der Waals surface area contributed by atoms with Gasteiger partial charge < -0.3 is 29.7 Å². The quantitative estimate of drug-likeness (QED) is 0.195. The van der Waals surface area contributed by atoms with Crippen molar-refractivity contribution >= 4 is 34.7 Å². The van der Waals surface area contributed by atoms with Crippen LogP contribution in [-0.2, 0) is 35.3 Å². The van der Waals surface area contributed by atoms with Crippen LogP contribution in [0.3, 0.4) is 0 Å². The molecule has 268 valence electrons. The van der Waals surface area contributed by atoms with E-state index < -0.39 is 47.7 Å². The van der Waals surface area contributed by atoms with E-state index in [2.05, 4.69) is 15.6 Å². The van der Waals surface area contributed by atoms with Crippen molar-refractivity contribution in [3.8, 4) is 0 Å². The fraction of sp³-hybridized carbons (Fsp3) is 0.474. The number of hydrogen-bond acceptors (Lipinski definition) is 9. The number of fused-ring (bicyclic) bond motifs is 3. The number of allylic oxidation sites excluding steroid dienone is 1. The molecule has 0 aliphatic carbocycles. The van der Waals surface area contributed by atoms with Crippen LogP contribution in [0.15, 0.2) is 78.9 Å². The van der Waals surface area contributed by atoms with Crippen LogP contribution in [0.4, 0.5) is 0 Å². The van der Waals surface area contributed by atoms with Crippen LogP contribution < -0.4 is 5.32 Å². The number of para-hydroxylation sites is 1. The number of aliphatic hydroxyl groups is 1. The highest BCUT2D eigenvalue weighted by molar-refractivity contribution is 5.99. The first-order valence-corrected chi connectivity index (χ1v) is 17.9. The van der Waals surface area contributed by atoms with Gasteiger partial charge >= 0.3 is 5.97 Å². The van der Waals surface area contributed by atoms with Gasteiger partial charge in [0.05, 0.1) is 23.6 Å². The normalized spacial score (nSPS) is 30.2. The Morgan fingerprint density at radius 1 is 0.961 bits per heavy atom. The number of esters is 1. The predicted octanol–water partition coefficient (Wildman–Crippen LogP) is 3.06. The van der Waals surface area contributed by atoms with Crippen molar-refractivity contribution in [2.45, 2.75) is 82.0 Å². The van der Waals surface area contributed by atoms with Gasteiger partial charge in [-0.15, -0.1) is 5.10 Å². The Kier molecular flexibility index (Phi) is 10.0. The van der Waals surface area contributed by atoms with E-state index in [1.165, 1.54) is 0 Å². The summed E-state index contributed by atoms with van der Waals surface area (Å²) in [6, 6.07) is 15.1. The average molecular weight is 697 g/mol. The van der Waals surface area contributed by atoms with Gasteiger partial charge in [0.15, 0.2) is 0 Å². The second kappa shape index (κ2) is 14.8. The molecule has 1 aromatic heterocycles. The molecule has 4 aliphatic rings. The lowest BCUT2D eigenvalue weighted by molar-refractivity contribution is -0.161. The number of benzene rings is 2. The van der Waals surface area contributed by atoms with Crippen LogP contribution in [0.1, 0.15) is 57.1 Å². The molecule has 0 radical (unpaired) electrons. The third-order valence-corrected chi connectivity index (χ3v) is 10.5. The van der Waals surface area contributed by atoms with Gasteiger partial charge in [-0.3, -0.25) is 19.2 Å². The maximum Gasteiger partial charge on any atom is 0.313 e. The zero-order valence-electron chi connectivity index (χ0n) is 28.7. The molecule has 0 saturated carbocycles. The monoisotopic (exact) mass is 696 g/mol. The van der Waals surface area contributed by atoms with Gasteiger partial charge in [-0.2, -0.15) is 0 Å². The van der Waals surface area contributed by atoms with E-state index in [1.807, 2.05) is 66.7 Å². The van der Waals surface area contributed by atoms with Crippen molar-refractivity contribution in [3.05, 3.63) is 84.5 Å². The van der Waals surface area contributed by atoms with Gasteiger partial charge in [0.2, 0.25) is 11.8 Å². The number of likely N-dealkylation sites (tertiary alicyclic amines) is 1. The van der Waals surface area contributed by atoms with Crippen molar-refractivity contribution in [3.63, 3.8) is 0 Å². The van der Waals surface area contributed by atoms with Gasteiger partial charge in [0.1, 0.15) is 35.9 Å². The Labute approximate surface area is 296 Å². The SMILES string of the molecule is C[C@@H]1NC(=O)CC/C=C\CN(Cn2nnc3ccccc32)C(=O)[C@H]2N(CCCCCCO)C(=O)[C@@H]3[C@@H](C(=O)O[C@H]1c1ccccc1)[C@H]1C=C[C@]32O1. The van der Waals surface area contributed by atoms with E-state index in [9.17, 15) is 24.3 Å². The minimum absolute atomic E-state index is 0.0504. The van der Waals surface area contributed by atoms with Gasteiger partial charge in [-0.1, -0.05) is 84.8 Å². The third-order valence-electron chi connectivity index (χ3n) is 10.5. The fourth-order valence-electron chi connectivity index (χ4n) is 8.02. The molecule has 0 unspecified atom stereocenters. The molecule has 1 spiro atoms. The number of hydrogen-bond donors (Lipinski definition) is 2. The van der Waals surface area contributed by atoms with Gasteiger partial charge in [0, 0.05) is 26.1 Å². The molecule has 7 rings (SSSR count). The number of amides is 3. The second-order valence-electron chi connectivity index (χ2n) is 13.8. The molecular formula is C38H44N6O7. The summed E-state index contributed by atoms with van der Waals surface area (Å²) >= 11 is 0. The molecule has 51 heavy (non-hydrogen) atoms. The molecular weight excluding hydrogens is 652 g/mol. The molecule has 2 saturated heterocycles. The number of nitrogens with one attached hydrogen (secondary N) is 1. The third kappa shape index (κ3) is 6.56. The summed E-state index contributed by atoms with van der Waals surface area (Å²) in [5.74, 6) is -3.47. The molecule has 2 fully saturated rings. The van der Waals surface area contributed by atoms with Crippen molar-refractivity contribution in [2.24, 2.45) is 11.8 Å². The molecule has 3 aromatic rings. The lowest BCUT2D eigenvalue weighted by atomic mass is 9.74. The molecule has 2 N–H and O–H groups in total. The van der Waals surface area contributed by atoms with Crippen LogP contribution >= 0.6 is 0 Å². The number of nitrogens with zero attached hydrogens (tertiary/aromatic N) is 5. The number of aromatic nitrogens is 3. The number of rotatable bonds is 9. The highest BCUT2D eigenvalue weighted by atomic mass is 16.6. The number of ether oxygens (including phenoxy) is 2. The lowest BCUT2D eigenvalue weighted by Gasteiger charge is -2.35. The maximum atomic E-state index is 15.0. The van der Waals surface area contributed by atoms with Crippen LogP contribution in [0.5, 0.6) is 0 Å². The molecule has 3 amide bonds. The Bertz CT molecular complexity index is 1830. The van der Waals surface area contributed by atoms with E-state index >= 15 is 0 Å². The zero-order valence-corrected chi connectivity index (χ0v) is 28.7. The number of carbonyl (C=O) groups excluding carboxylic acids is 4. The number of carbonyl (C=O) groups is 4. The molecule has 7 atom stereocenters. The van der Waals surface area contributed by atoms with Crippen LogP contribution in [0.2, 0.25) is 0 Å². The Morgan fingerprint density at radius 3 is 2.57 bits per heavy atom. The molecule has 5 bridgehead atoms. The lowest BCUT2D eigenvalue weighted by Crippen LogP contribution is -2.56. The summed E-state index contributed by atoms with van der Waals surface area (Å²) in [5.41, 5.74) is 0.755. The summed E-state index contributed by atoms with van der Waals surface area (Å²) in [4.78, 5) is 60.2. The Morgan fingerprint density at radius 2 is 1.75 bits per heavy atom. The van der Waals surface area contributed by atoms with Gasteiger partial charge in [-0.05, 0) is 43.9 Å². The summed E-state index contributed by atoms with van der Waals surface area (Å²) in [5, 5.41) is 20.9. The first kappa shape index (κ1) is 34.6. The molecule has 5 heterocycles. The van der Waals surface area contributed by atoms with E-state index in [1.54, 1.807) is 33.6 Å². The van der Waals surface area contributed by atoms with Crippen molar-refractivity contribution in [2.75, 3.05) is 19.7 Å². The smallest absolute Gasteiger partial charge is 0.313 e. The van der Waals surface area contributed by atoms with E-state index in [4.69, 9.17) is 9.47 Å². The van der Waals surface area contributed by atoms with Crippen molar-refractivity contribution < 1.29 is 33.8 Å². The molecule has 13 nitrogen and oxygen atoms in total. The number of aliphatic hydroxyl groups excluding tert-OH is 1. The van der Waals surface area contributed by atoms with E-state index in [0.717, 1.165) is 18.4 Å². The first-order chi connectivity index (χ1) is 24.8. The Hall–Kier alpha value is -4.88. The largest absolute Gasteiger partial charge is 0.455 e.